The van der Waals surface area contributed by atoms with Crippen LogP contribution in [0.25, 0.3) is 11.2 Å². The number of piperazine rings is 1. The minimum Gasteiger partial charge on any atom is -0.508 e. The Balaban J connectivity index is 1.39. The first-order valence-corrected chi connectivity index (χ1v) is 23.9. The molecule has 270 valence electrons. The van der Waals surface area contributed by atoms with Gasteiger partial charge in [-0.05, 0) is 78.6 Å². The van der Waals surface area contributed by atoms with E-state index in [0.717, 1.165) is 67.8 Å². The van der Waals surface area contributed by atoms with Crippen molar-refractivity contribution in [2.24, 2.45) is 0 Å². The summed E-state index contributed by atoms with van der Waals surface area (Å²) in [6.45, 7) is 28.1. The lowest BCUT2D eigenvalue weighted by atomic mass is 10.2. The molecule has 4 heterocycles. The first-order valence-electron chi connectivity index (χ1n) is 18.1. The number of aromatic nitrogens is 4. The molecular formula is C38H57N7O3Si2. The summed E-state index contributed by atoms with van der Waals surface area (Å²) in [4.78, 5) is 22.6. The number of phenols is 1. The number of hydrogen-bond acceptors (Lipinski definition) is 9. The van der Waals surface area contributed by atoms with Gasteiger partial charge < -0.3 is 33.2 Å². The maximum atomic E-state index is 9.80. The predicted octanol–water partition coefficient (Wildman–Crippen LogP) is 8.14. The van der Waals surface area contributed by atoms with Crippen LogP contribution in [-0.4, -0.2) is 87.2 Å². The van der Waals surface area contributed by atoms with Crippen molar-refractivity contribution in [3.05, 3.63) is 60.4 Å². The Morgan fingerprint density at radius 1 is 0.760 bits per heavy atom. The van der Waals surface area contributed by atoms with Crippen molar-refractivity contribution in [3.63, 3.8) is 0 Å². The maximum Gasteiger partial charge on any atom is 0.229 e. The molecule has 12 heteroatoms. The molecule has 0 atom stereocenters. The lowest BCUT2D eigenvalue weighted by Gasteiger charge is -2.39. The maximum absolute atomic E-state index is 9.80. The second kappa shape index (κ2) is 13.6. The number of hydrogen-bond donors (Lipinski definition) is 1. The quantitative estimate of drug-likeness (QED) is 0.163. The minimum atomic E-state index is -2.05. The molecule has 1 fully saturated rings. The lowest BCUT2D eigenvalue weighted by Crippen LogP contribution is -2.47. The average molecular weight is 716 g/mol. The van der Waals surface area contributed by atoms with Crippen molar-refractivity contribution in [1.82, 2.24) is 19.5 Å². The highest BCUT2D eigenvalue weighted by molar-refractivity contribution is 6.74. The fourth-order valence-corrected chi connectivity index (χ4v) is 8.21. The molecule has 50 heavy (non-hydrogen) atoms. The molecule has 0 bridgehead atoms. The molecule has 0 aliphatic carbocycles. The molecule has 2 aromatic carbocycles. The summed E-state index contributed by atoms with van der Waals surface area (Å²) < 4.78 is 16.0. The van der Waals surface area contributed by atoms with Gasteiger partial charge in [-0.2, -0.15) is 9.97 Å². The van der Waals surface area contributed by atoms with Gasteiger partial charge >= 0.3 is 0 Å². The van der Waals surface area contributed by atoms with Crippen LogP contribution in [0.4, 0.5) is 23.1 Å². The van der Waals surface area contributed by atoms with Gasteiger partial charge in [0.1, 0.15) is 5.75 Å². The summed E-state index contributed by atoms with van der Waals surface area (Å²) in [7, 11) is -4.10. The van der Waals surface area contributed by atoms with E-state index in [1.807, 2.05) is 18.5 Å². The van der Waals surface area contributed by atoms with Gasteiger partial charge in [-0.1, -0.05) is 59.7 Å². The summed E-state index contributed by atoms with van der Waals surface area (Å²) in [6.07, 6.45) is 2.90. The van der Waals surface area contributed by atoms with Gasteiger partial charge in [-0.15, -0.1) is 0 Å². The highest BCUT2D eigenvalue weighted by Crippen LogP contribution is 2.41. The molecule has 2 aromatic heterocycles. The molecule has 0 spiro atoms. The van der Waals surface area contributed by atoms with Gasteiger partial charge in [-0.25, -0.2) is 4.98 Å². The van der Waals surface area contributed by atoms with E-state index in [2.05, 4.69) is 111 Å². The Bertz CT molecular complexity index is 1760. The fraction of sp³-hybridized carbons (Fsp3) is 0.553. The van der Waals surface area contributed by atoms with Gasteiger partial charge in [0.2, 0.25) is 5.95 Å². The number of benzene rings is 2. The zero-order chi connectivity index (χ0) is 36.1. The monoisotopic (exact) mass is 715 g/mol. The smallest absolute Gasteiger partial charge is 0.229 e. The molecule has 0 radical (unpaired) electrons. The topological polar surface area (TPSA) is 92.0 Å². The highest BCUT2D eigenvalue weighted by Gasteiger charge is 2.40. The Hall–Kier alpha value is -3.46. The largest absolute Gasteiger partial charge is 0.508 e. The summed E-state index contributed by atoms with van der Waals surface area (Å²) in [6, 6.07) is 16.0. The number of phenolic OH excluding ortho intramolecular Hbond substituents is 1. The van der Waals surface area contributed by atoms with Crippen molar-refractivity contribution in [1.29, 1.82) is 0 Å². The lowest BCUT2D eigenvalue weighted by molar-refractivity contribution is 0.163. The molecule has 6 rings (SSSR count). The number of anilines is 4. The van der Waals surface area contributed by atoms with Crippen molar-refractivity contribution >= 4 is 50.9 Å². The Morgan fingerprint density at radius 3 is 1.94 bits per heavy atom. The fourth-order valence-electron chi connectivity index (χ4n) is 6.12. The first-order chi connectivity index (χ1) is 23.4. The molecule has 10 nitrogen and oxygen atoms in total. The molecule has 0 saturated carbocycles. The zero-order valence-electron chi connectivity index (χ0n) is 31.8. The molecule has 4 aromatic rings. The molecule has 0 unspecified atom stereocenters. The predicted molar refractivity (Wildman–Crippen MR) is 210 cm³/mol. The van der Waals surface area contributed by atoms with Crippen LogP contribution in [0, 0.1) is 0 Å². The van der Waals surface area contributed by atoms with Crippen LogP contribution in [0.2, 0.25) is 36.3 Å². The van der Waals surface area contributed by atoms with Gasteiger partial charge in [0.15, 0.2) is 33.6 Å². The van der Waals surface area contributed by atoms with Gasteiger partial charge in [0, 0.05) is 44.1 Å². The van der Waals surface area contributed by atoms with Crippen molar-refractivity contribution in [2.45, 2.75) is 90.3 Å². The molecule has 1 saturated heterocycles. The van der Waals surface area contributed by atoms with E-state index in [9.17, 15) is 5.11 Å². The van der Waals surface area contributed by atoms with Crippen LogP contribution in [0.15, 0.2) is 54.9 Å². The summed E-state index contributed by atoms with van der Waals surface area (Å²) >= 11 is 0. The molecule has 2 aliphatic heterocycles. The van der Waals surface area contributed by atoms with E-state index < -0.39 is 16.6 Å². The van der Waals surface area contributed by atoms with Crippen LogP contribution in [0.5, 0.6) is 5.75 Å². The van der Waals surface area contributed by atoms with Crippen molar-refractivity contribution in [3.8, 4) is 5.75 Å². The van der Waals surface area contributed by atoms with Crippen LogP contribution in [0.1, 0.15) is 53.1 Å². The third kappa shape index (κ3) is 7.30. The molecular weight excluding hydrogens is 659 g/mol. The Labute approximate surface area is 300 Å². The Kier molecular flexibility index (Phi) is 9.88. The normalized spacial score (nSPS) is 16.2. The van der Waals surface area contributed by atoms with Crippen LogP contribution in [-0.2, 0) is 15.3 Å². The Morgan fingerprint density at radius 2 is 1.34 bits per heavy atom. The second-order valence-electron chi connectivity index (χ2n) is 17.0. The third-order valence-corrected chi connectivity index (χ3v) is 20.6. The highest BCUT2D eigenvalue weighted by atomic mass is 28.4. The summed E-state index contributed by atoms with van der Waals surface area (Å²) in [5, 5.41) is 9.98. The SMILES string of the molecule is CC(C)(C)[Si](C)(C)OCC(CO[Si](C)(C)C(C)(C)C)n1cnc2c(N3CCc4ccccc43)nc(N3CCN(c4ccc(O)cc4)CC3)nc21. The number of aromatic hydroxyl groups is 1. The van der Waals surface area contributed by atoms with Crippen molar-refractivity contribution < 1.29 is 14.0 Å². The standard InChI is InChI=1S/C38H57N7O3Si2/c1-37(2,3)49(7,8)47-25-30(26-48-50(9,10)38(4,5)6)45-27-39-33-34(44-20-19-28-13-11-12-14-32(28)44)40-36(41-35(33)45)43-23-21-42(22-24-43)29-15-17-31(46)18-16-29/h11-18,27,30,46H,19-26H2,1-10H3. The van der Waals surface area contributed by atoms with E-state index in [1.54, 1.807) is 12.1 Å². The first kappa shape index (κ1) is 36.3. The third-order valence-electron chi connectivity index (χ3n) is 11.6. The van der Waals surface area contributed by atoms with E-state index in [0.29, 0.717) is 13.2 Å². The number of fused-ring (bicyclic) bond motifs is 2. The number of rotatable bonds is 10. The zero-order valence-corrected chi connectivity index (χ0v) is 33.8. The molecule has 1 N–H and O–H groups in total. The van der Waals surface area contributed by atoms with E-state index in [-0.39, 0.29) is 21.9 Å². The van der Waals surface area contributed by atoms with Crippen LogP contribution >= 0.6 is 0 Å². The summed E-state index contributed by atoms with van der Waals surface area (Å²) in [5.41, 5.74) is 5.24. The van der Waals surface area contributed by atoms with Crippen molar-refractivity contribution in [2.75, 3.05) is 60.6 Å². The van der Waals surface area contributed by atoms with E-state index >= 15 is 0 Å². The van der Waals surface area contributed by atoms with Crippen LogP contribution < -0.4 is 14.7 Å². The van der Waals surface area contributed by atoms with Gasteiger partial charge in [-0.3, -0.25) is 0 Å². The molecule has 0 amide bonds. The van der Waals surface area contributed by atoms with E-state index in [4.69, 9.17) is 23.8 Å². The number of imidazole rings is 1. The van der Waals surface area contributed by atoms with Crippen LogP contribution in [0.3, 0.4) is 0 Å². The molecule has 2 aliphatic rings. The van der Waals surface area contributed by atoms with E-state index in [1.165, 1.54) is 11.3 Å². The number of para-hydroxylation sites is 1. The van der Waals surface area contributed by atoms with Gasteiger partial charge in [0.05, 0.1) is 25.6 Å². The van der Waals surface area contributed by atoms with Gasteiger partial charge in [0.25, 0.3) is 0 Å². The summed E-state index contributed by atoms with van der Waals surface area (Å²) in [5.74, 6) is 1.85. The average Bonchev–Trinajstić information content (AvgIpc) is 3.69. The number of nitrogens with zero attached hydrogens (tertiary/aromatic N) is 7. The minimum absolute atomic E-state index is 0.0861. The second-order valence-corrected chi connectivity index (χ2v) is 26.6.